The first kappa shape index (κ1) is 11.1. The molecule has 92 valence electrons. The molecule has 0 aliphatic carbocycles. The van der Waals surface area contributed by atoms with E-state index in [2.05, 4.69) is 31.2 Å². The second kappa shape index (κ2) is 4.05. The van der Waals surface area contributed by atoms with Gasteiger partial charge < -0.3 is 9.84 Å². The maximum Gasteiger partial charge on any atom is 0.134 e. The zero-order valence-corrected chi connectivity index (χ0v) is 10.7. The Morgan fingerprint density at radius 3 is 2.56 bits per heavy atom. The van der Waals surface area contributed by atoms with Gasteiger partial charge in [-0.2, -0.15) is 0 Å². The summed E-state index contributed by atoms with van der Waals surface area (Å²) in [6.07, 6.45) is 0.792. The van der Waals surface area contributed by atoms with Crippen LogP contribution in [0.3, 0.4) is 0 Å². The molecule has 1 heterocycles. The summed E-state index contributed by atoms with van der Waals surface area (Å²) < 4.78 is 5.72. The van der Waals surface area contributed by atoms with Gasteiger partial charge in [0.25, 0.3) is 0 Å². The molecule has 0 aromatic heterocycles. The minimum atomic E-state index is 0.357. The first-order valence-corrected chi connectivity index (χ1v) is 6.22. The molecule has 2 nitrogen and oxygen atoms in total. The predicted octanol–water partition coefficient (Wildman–Crippen LogP) is 3.61. The van der Waals surface area contributed by atoms with E-state index in [9.17, 15) is 5.11 Å². The van der Waals surface area contributed by atoms with Gasteiger partial charge in [0.05, 0.1) is 6.61 Å². The highest BCUT2D eigenvalue weighted by Gasteiger charge is 2.22. The fraction of sp³-hybridized carbons (Fsp3) is 0.250. The van der Waals surface area contributed by atoms with Gasteiger partial charge in [0.2, 0.25) is 0 Å². The van der Waals surface area contributed by atoms with E-state index in [1.807, 2.05) is 13.0 Å². The summed E-state index contributed by atoms with van der Waals surface area (Å²) in [5.74, 6) is 1.22. The van der Waals surface area contributed by atoms with Crippen LogP contribution in [-0.2, 0) is 6.42 Å². The highest BCUT2D eigenvalue weighted by Crippen LogP contribution is 2.43. The lowest BCUT2D eigenvalue weighted by Gasteiger charge is -2.13. The third-order valence-electron chi connectivity index (χ3n) is 3.50. The molecule has 0 bridgehead atoms. The van der Waals surface area contributed by atoms with Gasteiger partial charge >= 0.3 is 0 Å². The van der Waals surface area contributed by atoms with Crippen molar-refractivity contribution in [3.05, 3.63) is 47.0 Å². The summed E-state index contributed by atoms with van der Waals surface area (Å²) in [5, 5.41) is 9.95. The van der Waals surface area contributed by atoms with Gasteiger partial charge in [-0.05, 0) is 31.0 Å². The van der Waals surface area contributed by atoms with E-state index < -0.39 is 0 Å². The molecular weight excluding hydrogens is 224 g/mol. The van der Waals surface area contributed by atoms with Crippen molar-refractivity contribution in [2.45, 2.75) is 20.3 Å². The Bertz CT molecular complexity index is 597. The van der Waals surface area contributed by atoms with Gasteiger partial charge in [-0.25, -0.2) is 0 Å². The molecule has 0 fully saturated rings. The number of hydrogen-bond donors (Lipinski definition) is 1. The van der Waals surface area contributed by atoms with Gasteiger partial charge in [0.15, 0.2) is 0 Å². The third kappa shape index (κ3) is 1.65. The van der Waals surface area contributed by atoms with Crippen molar-refractivity contribution in [3.63, 3.8) is 0 Å². The van der Waals surface area contributed by atoms with E-state index in [0.29, 0.717) is 12.4 Å². The van der Waals surface area contributed by atoms with Gasteiger partial charge in [-0.1, -0.05) is 29.8 Å². The van der Waals surface area contributed by atoms with Crippen LogP contribution >= 0.6 is 0 Å². The van der Waals surface area contributed by atoms with E-state index in [4.69, 9.17) is 4.74 Å². The lowest BCUT2D eigenvalue weighted by atomic mass is 9.95. The number of phenolic OH excluding ortho intramolecular Hbond substituents is 1. The number of ether oxygens (including phenoxy) is 1. The van der Waals surface area contributed by atoms with Crippen molar-refractivity contribution in [2.75, 3.05) is 6.61 Å². The van der Waals surface area contributed by atoms with E-state index in [-0.39, 0.29) is 0 Å². The number of phenols is 1. The fourth-order valence-corrected chi connectivity index (χ4v) is 2.55. The van der Waals surface area contributed by atoms with E-state index in [1.165, 1.54) is 5.56 Å². The van der Waals surface area contributed by atoms with Crippen LogP contribution in [0.25, 0.3) is 11.1 Å². The molecule has 18 heavy (non-hydrogen) atoms. The Kier molecular flexibility index (Phi) is 2.51. The lowest BCUT2D eigenvalue weighted by Crippen LogP contribution is -1.91. The average Bonchev–Trinajstić information content (AvgIpc) is 2.81. The molecule has 0 unspecified atom stereocenters. The van der Waals surface area contributed by atoms with Crippen LogP contribution in [0.1, 0.15) is 16.7 Å². The van der Waals surface area contributed by atoms with Crippen molar-refractivity contribution < 1.29 is 9.84 Å². The number of hydrogen-bond acceptors (Lipinski definition) is 2. The molecule has 0 saturated carbocycles. The monoisotopic (exact) mass is 240 g/mol. The minimum absolute atomic E-state index is 0.357. The van der Waals surface area contributed by atoms with E-state index in [0.717, 1.165) is 34.4 Å². The predicted molar refractivity (Wildman–Crippen MR) is 72.2 cm³/mol. The molecular formula is C16H16O2. The molecule has 0 atom stereocenters. The highest BCUT2D eigenvalue weighted by molar-refractivity contribution is 5.78. The Balaban J connectivity index is 2.23. The fourth-order valence-electron chi connectivity index (χ4n) is 2.55. The molecule has 2 aromatic carbocycles. The lowest BCUT2D eigenvalue weighted by molar-refractivity contribution is 0.358. The van der Waals surface area contributed by atoms with Gasteiger partial charge in [0, 0.05) is 17.5 Å². The van der Waals surface area contributed by atoms with Crippen LogP contribution < -0.4 is 4.74 Å². The maximum absolute atomic E-state index is 9.95. The van der Waals surface area contributed by atoms with E-state index >= 15 is 0 Å². The van der Waals surface area contributed by atoms with Crippen LogP contribution in [0.2, 0.25) is 0 Å². The van der Waals surface area contributed by atoms with Crippen molar-refractivity contribution in [3.8, 4) is 22.6 Å². The maximum atomic E-state index is 9.95. The van der Waals surface area contributed by atoms with Crippen molar-refractivity contribution in [2.24, 2.45) is 0 Å². The molecule has 1 aliphatic rings. The van der Waals surface area contributed by atoms with Gasteiger partial charge in [-0.15, -0.1) is 0 Å². The summed E-state index contributed by atoms with van der Waals surface area (Å²) in [4.78, 5) is 0. The van der Waals surface area contributed by atoms with Crippen molar-refractivity contribution in [1.29, 1.82) is 0 Å². The zero-order valence-electron chi connectivity index (χ0n) is 10.7. The number of fused-ring (bicyclic) bond motifs is 1. The number of aromatic hydroxyl groups is 1. The molecule has 0 spiro atoms. The van der Waals surface area contributed by atoms with Crippen molar-refractivity contribution >= 4 is 0 Å². The first-order chi connectivity index (χ1) is 8.66. The standard InChI is InChI=1S/C16H16O2/c1-10-3-5-12(6-4-10)15-11(2)9-14(17)13-7-8-18-16(13)15/h3-6,9,17H,7-8H2,1-2H3. The summed E-state index contributed by atoms with van der Waals surface area (Å²) in [7, 11) is 0. The van der Waals surface area contributed by atoms with Gasteiger partial charge in [0.1, 0.15) is 11.5 Å². The average molecular weight is 240 g/mol. The normalized spacial score (nSPS) is 13.2. The van der Waals surface area contributed by atoms with Crippen LogP contribution in [0.4, 0.5) is 0 Å². The Labute approximate surface area is 107 Å². The summed E-state index contributed by atoms with van der Waals surface area (Å²) in [5.41, 5.74) is 5.50. The van der Waals surface area contributed by atoms with Crippen LogP contribution in [-0.4, -0.2) is 11.7 Å². The molecule has 0 amide bonds. The third-order valence-corrected chi connectivity index (χ3v) is 3.50. The molecule has 2 aromatic rings. The molecule has 1 N–H and O–H groups in total. The molecule has 2 heteroatoms. The minimum Gasteiger partial charge on any atom is -0.508 e. The SMILES string of the molecule is Cc1ccc(-c2c(C)cc(O)c3c2OCC3)cc1. The number of rotatable bonds is 1. The molecule has 0 saturated heterocycles. The highest BCUT2D eigenvalue weighted by atomic mass is 16.5. The second-order valence-electron chi connectivity index (χ2n) is 4.86. The van der Waals surface area contributed by atoms with Gasteiger partial charge in [-0.3, -0.25) is 0 Å². The first-order valence-electron chi connectivity index (χ1n) is 6.22. The number of benzene rings is 2. The molecule has 1 aliphatic heterocycles. The Morgan fingerprint density at radius 1 is 1.11 bits per heavy atom. The van der Waals surface area contributed by atoms with Crippen LogP contribution in [0.5, 0.6) is 11.5 Å². The van der Waals surface area contributed by atoms with Crippen LogP contribution in [0.15, 0.2) is 30.3 Å². The van der Waals surface area contributed by atoms with Crippen molar-refractivity contribution in [1.82, 2.24) is 0 Å². The second-order valence-corrected chi connectivity index (χ2v) is 4.86. The Hall–Kier alpha value is -1.96. The van der Waals surface area contributed by atoms with Crippen LogP contribution in [0, 0.1) is 13.8 Å². The molecule has 3 rings (SSSR count). The summed E-state index contributed by atoms with van der Waals surface area (Å²) in [6, 6.07) is 10.3. The largest absolute Gasteiger partial charge is 0.508 e. The molecule has 0 radical (unpaired) electrons. The quantitative estimate of drug-likeness (QED) is 0.825. The smallest absolute Gasteiger partial charge is 0.134 e. The summed E-state index contributed by atoms with van der Waals surface area (Å²) in [6.45, 7) is 4.75. The summed E-state index contributed by atoms with van der Waals surface area (Å²) >= 11 is 0. The van der Waals surface area contributed by atoms with E-state index in [1.54, 1.807) is 0 Å². The Morgan fingerprint density at radius 2 is 1.83 bits per heavy atom. The topological polar surface area (TPSA) is 29.5 Å². The zero-order chi connectivity index (χ0) is 12.7. The number of aryl methyl sites for hydroxylation is 2.